The summed E-state index contributed by atoms with van der Waals surface area (Å²) in [7, 11) is -10.3. The molecule has 0 spiro atoms. The zero-order chi connectivity index (χ0) is 9.00. The Balaban J connectivity index is -0.0000000457. The molecule has 0 aliphatic carbocycles. The van der Waals surface area contributed by atoms with Gasteiger partial charge in [-0.1, -0.05) is 0 Å². The fourth-order valence-electron chi connectivity index (χ4n) is 0. The van der Waals surface area contributed by atoms with E-state index >= 15 is 0 Å². The molecule has 0 bridgehead atoms. The van der Waals surface area contributed by atoms with E-state index in [-0.39, 0.29) is 34.1 Å². The van der Waals surface area contributed by atoms with Gasteiger partial charge in [-0.2, -0.15) is 0 Å². The Morgan fingerprint density at radius 1 is 0.667 bits per heavy atom. The molecule has 8 nitrogen and oxygen atoms in total. The zero-order valence-corrected chi connectivity index (χ0v) is 8.63. The van der Waals surface area contributed by atoms with Crippen LogP contribution in [0.3, 0.4) is 0 Å². The van der Waals surface area contributed by atoms with Gasteiger partial charge < -0.3 is 18.2 Å². The minimum absolute atomic E-state index is 0. The smallest absolute Gasteiger partial charge is 0.759 e. The van der Waals surface area contributed by atoms with Gasteiger partial charge in [-0.05, 0) is 0 Å². The van der Waals surface area contributed by atoms with E-state index in [4.69, 9.17) is 35.0 Å². The van der Waals surface area contributed by atoms with Gasteiger partial charge in [0.15, 0.2) is 0 Å². The first-order valence-electron chi connectivity index (χ1n) is 1.33. The molecule has 2 radical (unpaired) electrons. The first-order valence-corrected chi connectivity index (χ1v) is 4.00. The number of hydrogen-bond donors (Lipinski definition) is 0. The molecule has 0 fully saturated rings. The summed E-state index contributed by atoms with van der Waals surface area (Å²) in [6.45, 7) is 0. The fourth-order valence-corrected chi connectivity index (χ4v) is 0. The zero-order valence-electron chi connectivity index (χ0n) is 4.79. The standard InChI is InChI=1S/2Fe.2H2O4S/c;;2*1-5(2,3)4/h;;2*(H2,1,2,3,4)/q+1;+3;;/p-4. The number of hydrogen-bond acceptors (Lipinski definition) is 8. The molecule has 0 aromatic heterocycles. The van der Waals surface area contributed by atoms with Crippen molar-refractivity contribution in [3.63, 3.8) is 0 Å². The van der Waals surface area contributed by atoms with Crippen molar-refractivity contribution < 1.29 is 69.2 Å². The van der Waals surface area contributed by atoms with Crippen molar-refractivity contribution in [1.29, 1.82) is 0 Å². The average molecular weight is 304 g/mol. The Hall–Kier alpha value is 0.779. The molecule has 12 heteroatoms. The topological polar surface area (TPSA) is 161 Å². The van der Waals surface area contributed by atoms with Crippen molar-refractivity contribution in [2.45, 2.75) is 0 Å². The fraction of sp³-hybridized carbons (Fsp3) is 0. The van der Waals surface area contributed by atoms with Crippen LogP contribution in [0.25, 0.3) is 0 Å². The molecule has 0 rings (SSSR count). The van der Waals surface area contributed by atoms with Crippen LogP contribution in [-0.2, 0) is 54.9 Å². The van der Waals surface area contributed by atoms with Crippen LogP contribution in [0.2, 0.25) is 0 Å². The van der Waals surface area contributed by atoms with E-state index in [1.807, 2.05) is 0 Å². The van der Waals surface area contributed by atoms with E-state index < -0.39 is 20.8 Å². The molecule has 0 aliphatic heterocycles. The van der Waals surface area contributed by atoms with Gasteiger partial charge in [0.05, 0.1) is 0 Å². The molecule has 0 amide bonds. The van der Waals surface area contributed by atoms with Crippen molar-refractivity contribution in [1.82, 2.24) is 0 Å². The predicted molar refractivity (Wildman–Crippen MR) is 20.9 cm³/mol. The SMILES string of the molecule is O=S(=O)([O-])[O-].O=S(=O)([O-])[O-].[Fe+3].[Fe+]. The average Bonchev–Trinajstić information content (AvgIpc) is 1.12. The van der Waals surface area contributed by atoms with Gasteiger partial charge in [0.1, 0.15) is 0 Å². The minimum atomic E-state index is -5.17. The third-order valence-corrected chi connectivity index (χ3v) is 0. The van der Waals surface area contributed by atoms with Crippen molar-refractivity contribution in [2.75, 3.05) is 0 Å². The summed E-state index contributed by atoms with van der Waals surface area (Å²) in [5, 5.41) is 0. The summed E-state index contributed by atoms with van der Waals surface area (Å²) >= 11 is 0. The normalized spacial score (nSPS) is 9.67. The summed E-state index contributed by atoms with van der Waals surface area (Å²) < 4.78 is 68.2. The van der Waals surface area contributed by atoms with Gasteiger partial charge in [-0.15, -0.1) is 0 Å². The molecule has 0 heterocycles. The first-order chi connectivity index (χ1) is 4.00. The van der Waals surface area contributed by atoms with E-state index in [1.54, 1.807) is 0 Å². The van der Waals surface area contributed by atoms with Crippen LogP contribution in [0.4, 0.5) is 0 Å². The van der Waals surface area contributed by atoms with E-state index in [0.29, 0.717) is 0 Å². The van der Waals surface area contributed by atoms with E-state index in [0.717, 1.165) is 0 Å². The van der Waals surface area contributed by atoms with E-state index in [9.17, 15) is 0 Å². The Bertz CT molecular complexity index is 211. The van der Waals surface area contributed by atoms with Crippen LogP contribution in [0.1, 0.15) is 0 Å². The molecule has 0 atom stereocenters. The van der Waals surface area contributed by atoms with Crippen LogP contribution >= 0.6 is 0 Å². The summed E-state index contributed by atoms with van der Waals surface area (Å²) in [4.78, 5) is 0. The maximum atomic E-state index is 8.52. The number of rotatable bonds is 0. The minimum Gasteiger partial charge on any atom is -0.759 e. The largest absolute Gasteiger partial charge is 3.00 e. The van der Waals surface area contributed by atoms with Crippen LogP contribution in [0.5, 0.6) is 0 Å². The van der Waals surface area contributed by atoms with Gasteiger partial charge in [0.2, 0.25) is 0 Å². The summed E-state index contributed by atoms with van der Waals surface area (Å²) in [6.07, 6.45) is 0. The van der Waals surface area contributed by atoms with Gasteiger partial charge in [-0.3, -0.25) is 16.8 Å². The van der Waals surface area contributed by atoms with Crippen molar-refractivity contribution >= 4 is 20.8 Å². The van der Waals surface area contributed by atoms with E-state index in [2.05, 4.69) is 0 Å². The van der Waals surface area contributed by atoms with Crippen molar-refractivity contribution in [2.24, 2.45) is 0 Å². The third kappa shape index (κ3) is 1700. The van der Waals surface area contributed by atoms with Crippen LogP contribution in [0, 0.1) is 0 Å². The molecule has 0 unspecified atom stereocenters. The second-order valence-corrected chi connectivity index (χ2v) is 2.45. The van der Waals surface area contributed by atoms with Gasteiger partial charge in [0.25, 0.3) is 0 Å². The molecular formula is Fe2O8S2. The molecule has 0 aromatic rings. The molecule has 12 heavy (non-hydrogen) atoms. The maximum Gasteiger partial charge on any atom is 3.00 e. The van der Waals surface area contributed by atoms with Gasteiger partial charge in [-0.25, -0.2) is 0 Å². The molecule has 0 N–H and O–H groups in total. The first kappa shape index (κ1) is 23.0. The molecule has 76 valence electrons. The summed E-state index contributed by atoms with van der Waals surface area (Å²) in [5.41, 5.74) is 0. The molecule has 0 aliphatic rings. The molecule has 0 saturated carbocycles. The Morgan fingerprint density at radius 3 is 0.667 bits per heavy atom. The van der Waals surface area contributed by atoms with Gasteiger partial charge in [0, 0.05) is 20.8 Å². The summed E-state index contributed by atoms with van der Waals surface area (Å²) in [5.74, 6) is 0. The second-order valence-electron chi connectivity index (χ2n) is 0.816. The third-order valence-electron chi connectivity index (χ3n) is 0. The maximum absolute atomic E-state index is 8.52. The second kappa shape index (κ2) is 8.38. The Kier molecular flexibility index (Phi) is 16.1. The summed E-state index contributed by atoms with van der Waals surface area (Å²) in [6, 6.07) is 0. The van der Waals surface area contributed by atoms with Crippen LogP contribution in [0.15, 0.2) is 0 Å². The Labute approximate surface area is 89.8 Å². The van der Waals surface area contributed by atoms with E-state index in [1.165, 1.54) is 0 Å². The van der Waals surface area contributed by atoms with Gasteiger partial charge >= 0.3 is 34.1 Å². The molecular weight excluding hydrogens is 304 g/mol. The predicted octanol–water partition coefficient (Wildman–Crippen LogP) is -2.68. The molecule has 0 aromatic carbocycles. The van der Waals surface area contributed by atoms with Crippen LogP contribution < -0.4 is 0 Å². The van der Waals surface area contributed by atoms with Crippen LogP contribution in [-0.4, -0.2) is 35.0 Å². The van der Waals surface area contributed by atoms with Crippen molar-refractivity contribution in [3.05, 3.63) is 0 Å². The quantitative estimate of drug-likeness (QED) is 0.265. The monoisotopic (exact) mass is 304 g/mol. The molecule has 0 saturated heterocycles. The Morgan fingerprint density at radius 2 is 0.667 bits per heavy atom. The van der Waals surface area contributed by atoms with Crippen molar-refractivity contribution in [3.8, 4) is 0 Å².